The second kappa shape index (κ2) is 3.32. The van der Waals surface area contributed by atoms with Crippen LogP contribution in [0.2, 0.25) is 0 Å². The quantitative estimate of drug-likeness (QED) is 0.596. The Balaban J connectivity index is 2.67. The van der Waals surface area contributed by atoms with Crippen molar-refractivity contribution < 1.29 is 10.2 Å². The number of likely N-dealkylation sites (tertiary alicyclic amines) is 1. The van der Waals surface area contributed by atoms with Gasteiger partial charge in [-0.15, -0.1) is 0 Å². The molecule has 1 saturated heterocycles. The third-order valence-corrected chi connectivity index (χ3v) is 2.56. The van der Waals surface area contributed by atoms with Gasteiger partial charge in [-0.05, 0) is 27.2 Å². The van der Waals surface area contributed by atoms with E-state index >= 15 is 0 Å². The average Bonchev–Trinajstić information content (AvgIpc) is 2.29. The van der Waals surface area contributed by atoms with Crippen LogP contribution in [0.25, 0.3) is 0 Å². The topological polar surface area (TPSA) is 43.7 Å². The monoisotopic (exact) mass is 173 g/mol. The van der Waals surface area contributed by atoms with Gasteiger partial charge >= 0.3 is 0 Å². The molecular formula is C9H19NO2. The molecule has 72 valence electrons. The number of rotatable bonds is 1. The summed E-state index contributed by atoms with van der Waals surface area (Å²) in [6.45, 7) is 7.25. The SMILES string of the molecule is CC(C)(C)N1CC[C@H](O)[C@H]1CO. The van der Waals surface area contributed by atoms with Gasteiger partial charge < -0.3 is 10.2 Å². The Hall–Kier alpha value is -0.120. The fourth-order valence-electron chi connectivity index (χ4n) is 1.89. The summed E-state index contributed by atoms with van der Waals surface area (Å²) in [5.41, 5.74) is 0.0465. The fraction of sp³-hybridized carbons (Fsp3) is 1.00. The number of hydrogen-bond donors (Lipinski definition) is 2. The third-order valence-electron chi connectivity index (χ3n) is 2.56. The summed E-state index contributed by atoms with van der Waals surface area (Å²) in [6, 6.07) is -0.0648. The average molecular weight is 173 g/mol. The third kappa shape index (κ3) is 1.79. The van der Waals surface area contributed by atoms with Gasteiger partial charge in [-0.3, -0.25) is 4.90 Å². The minimum absolute atomic E-state index is 0.0465. The molecule has 1 aliphatic rings. The molecule has 12 heavy (non-hydrogen) atoms. The largest absolute Gasteiger partial charge is 0.395 e. The molecule has 0 aromatic rings. The molecule has 0 bridgehead atoms. The first-order valence-corrected chi connectivity index (χ1v) is 4.52. The molecule has 1 heterocycles. The molecule has 0 spiro atoms. The van der Waals surface area contributed by atoms with Crippen molar-refractivity contribution in [2.45, 2.75) is 44.9 Å². The second-order valence-corrected chi connectivity index (χ2v) is 4.47. The van der Waals surface area contributed by atoms with E-state index in [2.05, 4.69) is 25.7 Å². The first kappa shape index (κ1) is 9.96. The molecule has 1 fully saturated rings. The number of aliphatic hydroxyl groups is 2. The Morgan fingerprint density at radius 1 is 1.42 bits per heavy atom. The molecule has 2 atom stereocenters. The highest BCUT2D eigenvalue weighted by Gasteiger charge is 2.37. The summed E-state index contributed by atoms with van der Waals surface area (Å²) in [7, 11) is 0. The molecule has 0 aliphatic carbocycles. The van der Waals surface area contributed by atoms with E-state index in [9.17, 15) is 5.11 Å². The Morgan fingerprint density at radius 2 is 2.00 bits per heavy atom. The molecule has 0 unspecified atom stereocenters. The molecular weight excluding hydrogens is 154 g/mol. The lowest BCUT2D eigenvalue weighted by Gasteiger charge is -2.36. The van der Waals surface area contributed by atoms with Crippen molar-refractivity contribution in [2.75, 3.05) is 13.2 Å². The highest BCUT2D eigenvalue weighted by Crippen LogP contribution is 2.26. The standard InChI is InChI=1S/C9H19NO2/c1-9(2,3)10-5-4-8(12)7(10)6-11/h7-8,11-12H,4-6H2,1-3H3/t7-,8+/m1/s1. The van der Waals surface area contributed by atoms with Crippen LogP contribution in [0.4, 0.5) is 0 Å². The van der Waals surface area contributed by atoms with Crippen LogP contribution in [-0.2, 0) is 0 Å². The zero-order valence-corrected chi connectivity index (χ0v) is 8.12. The van der Waals surface area contributed by atoms with Crippen LogP contribution in [0.15, 0.2) is 0 Å². The maximum atomic E-state index is 9.52. The van der Waals surface area contributed by atoms with Gasteiger partial charge in [0.05, 0.1) is 18.8 Å². The maximum Gasteiger partial charge on any atom is 0.0730 e. The van der Waals surface area contributed by atoms with Gasteiger partial charge in [-0.2, -0.15) is 0 Å². The van der Waals surface area contributed by atoms with E-state index in [4.69, 9.17) is 5.11 Å². The lowest BCUT2D eigenvalue weighted by Crippen LogP contribution is -2.48. The van der Waals surface area contributed by atoms with Crippen molar-refractivity contribution >= 4 is 0 Å². The van der Waals surface area contributed by atoms with E-state index in [0.717, 1.165) is 13.0 Å². The van der Waals surface area contributed by atoms with E-state index in [-0.39, 0.29) is 24.3 Å². The highest BCUT2D eigenvalue weighted by molar-refractivity contribution is 4.92. The maximum absolute atomic E-state index is 9.52. The van der Waals surface area contributed by atoms with Gasteiger partial charge in [0.25, 0.3) is 0 Å². The molecule has 0 aromatic carbocycles. The lowest BCUT2D eigenvalue weighted by molar-refractivity contribution is 0.0290. The zero-order valence-electron chi connectivity index (χ0n) is 8.12. The van der Waals surface area contributed by atoms with E-state index in [1.807, 2.05) is 0 Å². The van der Waals surface area contributed by atoms with Gasteiger partial charge in [0.2, 0.25) is 0 Å². The Kier molecular flexibility index (Phi) is 2.76. The summed E-state index contributed by atoms with van der Waals surface area (Å²) in [5, 5.41) is 18.6. The molecule has 3 nitrogen and oxygen atoms in total. The Labute approximate surface area is 74.0 Å². The predicted molar refractivity (Wildman–Crippen MR) is 48.0 cm³/mol. The molecule has 1 aliphatic heterocycles. The van der Waals surface area contributed by atoms with Crippen molar-refractivity contribution in [1.29, 1.82) is 0 Å². The van der Waals surface area contributed by atoms with Crippen molar-refractivity contribution in [3.63, 3.8) is 0 Å². The lowest BCUT2D eigenvalue weighted by atomic mass is 10.0. The van der Waals surface area contributed by atoms with Crippen molar-refractivity contribution in [3.05, 3.63) is 0 Å². The summed E-state index contributed by atoms with van der Waals surface area (Å²) in [5.74, 6) is 0. The fourth-order valence-corrected chi connectivity index (χ4v) is 1.89. The van der Waals surface area contributed by atoms with Crippen LogP contribution in [0.5, 0.6) is 0 Å². The summed E-state index contributed by atoms with van der Waals surface area (Å²) >= 11 is 0. The minimum Gasteiger partial charge on any atom is -0.395 e. The van der Waals surface area contributed by atoms with Crippen molar-refractivity contribution in [2.24, 2.45) is 0 Å². The van der Waals surface area contributed by atoms with E-state index in [0.29, 0.717) is 0 Å². The second-order valence-electron chi connectivity index (χ2n) is 4.47. The van der Waals surface area contributed by atoms with Crippen LogP contribution in [-0.4, -0.2) is 45.9 Å². The van der Waals surface area contributed by atoms with Gasteiger partial charge in [-0.1, -0.05) is 0 Å². The molecule has 0 saturated carbocycles. The van der Waals surface area contributed by atoms with Crippen molar-refractivity contribution in [3.8, 4) is 0 Å². The molecule has 0 amide bonds. The molecule has 3 heteroatoms. The Morgan fingerprint density at radius 3 is 2.33 bits per heavy atom. The molecule has 0 aromatic heterocycles. The summed E-state index contributed by atoms with van der Waals surface area (Å²) in [4.78, 5) is 2.16. The minimum atomic E-state index is -0.353. The van der Waals surface area contributed by atoms with E-state index in [1.165, 1.54) is 0 Å². The summed E-state index contributed by atoms with van der Waals surface area (Å²) in [6.07, 6.45) is 0.428. The van der Waals surface area contributed by atoms with E-state index < -0.39 is 0 Å². The van der Waals surface area contributed by atoms with Crippen molar-refractivity contribution in [1.82, 2.24) is 4.90 Å². The first-order chi connectivity index (χ1) is 5.46. The number of nitrogens with zero attached hydrogens (tertiary/aromatic N) is 1. The van der Waals surface area contributed by atoms with Crippen LogP contribution in [0, 0.1) is 0 Å². The van der Waals surface area contributed by atoms with Gasteiger partial charge in [0.15, 0.2) is 0 Å². The molecule has 2 N–H and O–H groups in total. The van der Waals surface area contributed by atoms with Crippen LogP contribution >= 0.6 is 0 Å². The number of hydrogen-bond acceptors (Lipinski definition) is 3. The first-order valence-electron chi connectivity index (χ1n) is 4.52. The molecule has 1 rings (SSSR count). The van der Waals surface area contributed by atoms with Crippen LogP contribution in [0.3, 0.4) is 0 Å². The van der Waals surface area contributed by atoms with Gasteiger partial charge in [0, 0.05) is 12.1 Å². The Bertz CT molecular complexity index is 153. The summed E-state index contributed by atoms with van der Waals surface area (Å²) < 4.78 is 0. The van der Waals surface area contributed by atoms with Crippen LogP contribution in [0.1, 0.15) is 27.2 Å². The number of aliphatic hydroxyl groups excluding tert-OH is 2. The van der Waals surface area contributed by atoms with E-state index in [1.54, 1.807) is 0 Å². The normalized spacial score (nSPS) is 32.8. The van der Waals surface area contributed by atoms with Crippen LogP contribution < -0.4 is 0 Å². The zero-order chi connectivity index (χ0) is 9.35. The smallest absolute Gasteiger partial charge is 0.0730 e. The van der Waals surface area contributed by atoms with Gasteiger partial charge in [0.1, 0.15) is 0 Å². The highest BCUT2D eigenvalue weighted by atomic mass is 16.3. The van der Waals surface area contributed by atoms with Gasteiger partial charge in [-0.25, -0.2) is 0 Å². The predicted octanol–water partition coefficient (Wildman–Crippen LogP) is 0.212. The molecule has 0 radical (unpaired) electrons.